The lowest BCUT2D eigenvalue weighted by atomic mass is 10.1. The van der Waals surface area contributed by atoms with Gasteiger partial charge >= 0.3 is 0 Å². The van der Waals surface area contributed by atoms with E-state index in [9.17, 15) is 9.59 Å². The first kappa shape index (κ1) is 23.3. The number of hydrogen-bond donors (Lipinski definition) is 2. The summed E-state index contributed by atoms with van der Waals surface area (Å²) in [4.78, 5) is 25.7. The van der Waals surface area contributed by atoms with Crippen LogP contribution < -0.4 is 15.8 Å². The molecule has 0 saturated heterocycles. The molecule has 0 fully saturated rings. The fourth-order valence-electron chi connectivity index (χ4n) is 2.74. The lowest BCUT2D eigenvalue weighted by Crippen LogP contribution is -2.44. The third-order valence-electron chi connectivity index (χ3n) is 4.66. The van der Waals surface area contributed by atoms with E-state index in [-0.39, 0.29) is 23.5 Å². The molecule has 1 atom stereocenters. The van der Waals surface area contributed by atoms with Crippen molar-refractivity contribution in [2.45, 2.75) is 39.2 Å². The molecule has 1 unspecified atom stereocenters. The molecule has 0 heterocycles. The van der Waals surface area contributed by atoms with Crippen LogP contribution in [0.4, 0.5) is 0 Å². The Morgan fingerprint density at radius 1 is 1.13 bits per heavy atom. The van der Waals surface area contributed by atoms with Gasteiger partial charge in [0.1, 0.15) is 5.75 Å². The smallest absolute Gasteiger partial charge is 0.257 e. The highest BCUT2D eigenvalue weighted by molar-refractivity contribution is 7.80. The summed E-state index contributed by atoms with van der Waals surface area (Å²) in [6, 6.07) is 16.9. The van der Waals surface area contributed by atoms with Gasteiger partial charge in [-0.25, -0.2) is 0 Å². The number of amides is 2. The molecule has 6 nitrogen and oxygen atoms in total. The maximum Gasteiger partial charge on any atom is 0.257 e. The third kappa shape index (κ3) is 7.83. The number of nitrogens with one attached hydrogen (secondary N) is 1. The van der Waals surface area contributed by atoms with Gasteiger partial charge in [0.05, 0.1) is 6.10 Å². The lowest BCUT2D eigenvalue weighted by Gasteiger charge is -2.25. The Morgan fingerprint density at radius 2 is 1.87 bits per heavy atom. The summed E-state index contributed by atoms with van der Waals surface area (Å²) in [6.45, 7) is 4.92. The van der Waals surface area contributed by atoms with E-state index in [1.807, 2.05) is 50.2 Å². The fourth-order valence-corrected chi connectivity index (χ4v) is 3.02. The minimum atomic E-state index is -0.413. The van der Waals surface area contributed by atoms with Gasteiger partial charge in [-0.2, -0.15) is 0 Å². The topological polar surface area (TPSA) is 84.7 Å². The number of nitrogens with two attached hydrogens (primary N) is 1. The second-order valence-electron chi connectivity index (χ2n) is 7.06. The predicted octanol–water partition coefficient (Wildman–Crippen LogP) is 3.30. The molecule has 0 bridgehead atoms. The number of primary amides is 1. The highest BCUT2D eigenvalue weighted by atomic mass is 32.1. The lowest BCUT2D eigenvalue weighted by molar-refractivity contribution is -0.118. The summed E-state index contributed by atoms with van der Waals surface area (Å²) in [5.74, 6) is -0.0975. The molecule has 2 aromatic carbocycles. The van der Waals surface area contributed by atoms with Crippen LogP contribution in [0.3, 0.4) is 0 Å². The molecule has 0 spiro atoms. The van der Waals surface area contributed by atoms with Gasteiger partial charge in [-0.15, -0.1) is 0 Å². The summed E-state index contributed by atoms with van der Waals surface area (Å²) in [5, 5.41) is 3.03. The molecular weight excluding hydrogens is 398 g/mol. The molecular formula is C23H29N3O3S. The molecule has 0 radical (unpaired) electrons. The molecule has 3 N–H and O–H groups in total. The monoisotopic (exact) mass is 427 g/mol. The highest BCUT2D eigenvalue weighted by Crippen LogP contribution is 2.16. The molecule has 30 heavy (non-hydrogen) atoms. The molecule has 2 aromatic rings. The second-order valence-corrected chi connectivity index (χ2v) is 7.45. The second kappa shape index (κ2) is 11.9. The van der Waals surface area contributed by atoms with Crippen molar-refractivity contribution in [1.29, 1.82) is 0 Å². The van der Waals surface area contributed by atoms with E-state index in [0.29, 0.717) is 24.4 Å². The normalized spacial score (nSPS) is 11.4. The van der Waals surface area contributed by atoms with Crippen molar-refractivity contribution >= 4 is 29.1 Å². The number of hydrogen-bond acceptors (Lipinski definition) is 4. The van der Waals surface area contributed by atoms with Gasteiger partial charge in [-0.05, 0) is 55.7 Å². The number of benzene rings is 2. The van der Waals surface area contributed by atoms with Gasteiger partial charge in [-0.3, -0.25) is 14.9 Å². The number of carbonyl (C=O) groups is 2. The Balaban J connectivity index is 2.03. The average molecular weight is 428 g/mol. The van der Waals surface area contributed by atoms with Gasteiger partial charge in [0, 0.05) is 25.1 Å². The van der Waals surface area contributed by atoms with Crippen molar-refractivity contribution in [2.24, 2.45) is 5.73 Å². The first-order valence-corrected chi connectivity index (χ1v) is 10.5. The zero-order valence-electron chi connectivity index (χ0n) is 17.5. The fraction of sp³-hybridized carbons (Fsp3) is 0.348. The van der Waals surface area contributed by atoms with E-state index in [4.69, 9.17) is 22.7 Å². The summed E-state index contributed by atoms with van der Waals surface area (Å²) in [7, 11) is 0. The number of carbonyl (C=O) groups excluding carboxylic acids is 2. The average Bonchev–Trinajstić information content (AvgIpc) is 2.74. The van der Waals surface area contributed by atoms with Crippen LogP contribution in [0.2, 0.25) is 0 Å². The molecule has 0 aliphatic rings. The van der Waals surface area contributed by atoms with Gasteiger partial charge < -0.3 is 15.4 Å². The Labute approximate surface area is 183 Å². The summed E-state index contributed by atoms with van der Waals surface area (Å²) >= 11 is 5.45. The van der Waals surface area contributed by atoms with Crippen LogP contribution in [0, 0.1) is 0 Å². The van der Waals surface area contributed by atoms with E-state index in [1.54, 1.807) is 23.1 Å². The van der Waals surface area contributed by atoms with E-state index < -0.39 is 5.91 Å². The van der Waals surface area contributed by atoms with E-state index >= 15 is 0 Å². The van der Waals surface area contributed by atoms with Gasteiger partial charge in [0.25, 0.3) is 5.91 Å². The van der Waals surface area contributed by atoms with Crippen LogP contribution in [0.25, 0.3) is 0 Å². The maximum absolute atomic E-state index is 12.7. The maximum atomic E-state index is 12.7. The zero-order chi connectivity index (χ0) is 21.9. The first-order valence-electron chi connectivity index (χ1n) is 10.1. The molecule has 2 amide bonds. The van der Waals surface area contributed by atoms with Crippen LogP contribution in [-0.4, -0.2) is 41.0 Å². The van der Waals surface area contributed by atoms with Crippen molar-refractivity contribution < 1.29 is 14.3 Å². The minimum Gasteiger partial charge on any atom is -0.491 e. The SMILES string of the molecule is CCC(C)Oc1cccc(C(=O)NC(=S)N(CCC(N)=O)CCc2ccccc2)c1. The zero-order valence-corrected chi connectivity index (χ0v) is 18.3. The molecule has 0 aliphatic heterocycles. The molecule has 2 rings (SSSR count). The van der Waals surface area contributed by atoms with Crippen LogP contribution in [0.15, 0.2) is 54.6 Å². The van der Waals surface area contributed by atoms with Crippen LogP contribution in [0.1, 0.15) is 42.6 Å². The van der Waals surface area contributed by atoms with Crippen LogP contribution >= 0.6 is 12.2 Å². The molecule has 7 heteroatoms. The van der Waals surface area contributed by atoms with Crippen molar-refractivity contribution in [3.05, 3.63) is 65.7 Å². The Kier molecular flexibility index (Phi) is 9.28. The largest absolute Gasteiger partial charge is 0.491 e. The summed E-state index contributed by atoms with van der Waals surface area (Å²) in [6.07, 6.45) is 1.82. The van der Waals surface area contributed by atoms with Crippen molar-refractivity contribution in [3.8, 4) is 5.75 Å². The number of ether oxygens (including phenoxy) is 1. The summed E-state index contributed by atoms with van der Waals surface area (Å²) < 4.78 is 5.78. The standard InChI is InChI=1S/C23H29N3O3S/c1-3-17(2)29-20-11-7-10-19(16-20)22(28)25-23(30)26(15-13-21(24)27)14-12-18-8-5-4-6-9-18/h4-11,16-17H,3,12-15H2,1-2H3,(H2,24,27)(H,25,28,30). The molecule has 160 valence electrons. The van der Waals surface area contributed by atoms with E-state index in [1.165, 1.54) is 0 Å². The van der Waals surface area contributed by atoms with Gasteiger partial charge in [0.15, 0.2) is 5.11 Å². The van der Waals surface area contributed by atoms with Gasteiger partial charge in [-0.1, -0.05) is 43.3 Å². The number of nitrogens with zero attached hydrogens (tertiary/aromatic N) is 1. The third-order valence-corrected chi connectivity index (χ3v) is 5.02. The van der Waals surface area contributed by atoms with Crippen molar-refractivity contribution in [3.63, 3.8) is 0 Å². The first-order chi connectivity index (χ1) is 14.4. The number of thiocarbonyl (C=S) groups is 1. The van der Waals surface area contributed by atoms with Crippen LogP contribution in [0.5, 0.6) is 5.75 Å². The molecule has 0 aromatic heterocycles. The van der Waals surface area contributed by atoms with Gasteiger partial charge in [0.2, 0.25) is 5.91 Å². The van der Waals surface area contributed by atoms with Crippen molar-refractivity contribution in [1.82, 2.24) is 10.2 Å². The Bertz CT molecular complexity index is 858. The number of rotatable bonds is 10. The Morgan fingerprint density at radius 3 is 2.53 bits per heavy atom. The minimum absolute atomic E-state index is 0.0617. The van der Waals surface area contributed by atoms with Crippen LogP contribution in [-0.2, 0) is 11.2 Å². The Hall–Kier alpha value is -2.93. The van der Waals surface area contributed by atoms with Crippen molar-refractivity contribution in [2.75, 3.05) is 13.1 Å². The predicted molar refractivity (Wildman–Crippen MR) is 122 cm³/mol. The molecule has 0 aliphatic carbocycles. The quantitative estimate of drug-likeness (QED) is 0.569. The van der Waals surface area contributed by atoms with E-state index in [2.05, 4.69) is 5.32 Å². The van der Waals surface area contributed by atoms with E-state index in [0.717, 1.165) is 18.4 Å². The summed E-state index contributed by atoms with van der Waals surface area (Å²) in [5.41, 5.74) is 6.90. The highest BCUT2D eigenvalue weighted by Gasteiger charge is 2.16. The molecule has 0 saturated carbocycles.